The fourth-order valence-corrected chi connectivity index (χ4v) is 2.07. The summed E-state index contributed by atoms with van der Waals surface area (Å²) in [6, 6.07) is 10.4. The Bertz CT molecular complexity index is 291. The molecule has 2 unspecified atom stereocenters. The van der Waals surface area contributed by atoms with Crippen molar-refractivity contribution >= 4 is 15.9 Å². The van der Waals surface area contributed by atoms with Gasteiger partial charge in [0.1, 0.15) is 0 Å². The zero-order valence-corrected chi connectivity index (χ0v) is 9.44. The van der Waals surface area contributed by atoms with Crippen LogP contribution in [-0.4, -0.2) is 22.7 Å². The standard InChI is InChI=1S/C10H14BrN3/c11-9-10(12)13-7-14(9)6-8-4-2-1-3-5-8/h1-5,9-10,13H,6-7,12H2. The van der Waals surface area contributed by atoms with Gasteiger partial charge in [-0.25, -0.2) is 0 Å². The molecule has 3 nitrogen and oxygen atoms in total. The van der Waals surface area contributed by atoms with Crippen LogP contribution < -0.4 is 11.1 Å². The van der Waals surface area contributed by atoms with E-state index in [1.165, 1.54) is 5.56 Å². The molecule has 1 aromatic rings. The zero-order valence-electron chi connectivity index (χ0n) is 7.86. The van der Waals surface area contributed by atoms with Crippen LogP contribution in [0.5, 0.6) is 0 Å². The summed E-state index contributed by atoms with van der Waals surface area (Å²) in [6.45, 7) is 1.77. The quantitative estimate of drug-likeness (QED) is 0.614. The molecule has 0 saturated carbocycles. The van der Waals surface area contributed by atoms with Gasteiger partial charge in [0.05, 0.1) is 17.8 Å². The Morgan fingerprint density at radius 1 is 1.43 bits per heavy atom. The van der Waals surface area contributed by atoms with Crippen LogP contribution in [0.15, 0.2) is 30.3 Å². The van der Waals surface area contributed by atoms with E-state index in [4.69, 9.17) is 5.73 Å². The molecule has 0 aliphatic carbocycles. The summed E-state index contributed by atoms with van der Waals surface area (Å²) in [5.74, 6) is 0. The number of rotatable bonds is 2. The minimum Gasteiger partial charge on any atom is -0.314 e. The fourth-order valence-electron chi connectivity index (χ4n) is 1.60. The summed E-state index contributed by atoms with van der Waals surface area (Å²) in [5, 5.41) is 3.20. The summed E-state index contributed by atoms with van der Waals surface area (Å²) in [4.78, 5) is 2.49. The maximum atomic E-state index is 5.82. The molecule has 0 spiro atoms. The van der Waals surface area contributed by atoms with Gasteiger partial charge in [-0.15, -0.1) is 0 Å². The Balaban J connectivity index is 1.99. The van der Waals surface area contributed by atoms with E-state index in [0.29, 0.717) is 0 Å². The summed E-state index contributed by atoms with van der Waals surface area (Å²) in [7, 11) is 0. The lowest BCUT2D eigenvalue weighted by Gasteiger charge is -2.19. The number of nitrogens with two attached hydrogens (primary N) is 1. The molecule has 0 bridgehead atoms. The maximum absolute atomic E-state index is 5.82. The van der Waals surface area contributed by atoms with E-state index in [0.717, 1.165) is 13.2 Å². The van der Waals surface area contributed by atoms with Gasteiger partial charge in [-0.1, -0.05) is 46.3 Å². The first-order valence-corrected chi connectivity index (χ1v) is 5.60. The zero-order chi connectivity index (χ0) is 9.97. The van der Waals surface area contributed by atoms with Gasteiger partial charge in [0, 0.05) is 6.54 Å². The Kier molecular flexibility index (Phi) is 3.18. The second kappa shape index (κ2) is 4.40. The van der Waals surface area contributed by atoms with Crippen molar-refractivity contribution in [1.29, 1.82) is 0 Å². The molecule has 0 aromatic heterocycles. The fraction of sp³-hybridized carbons (Fsp3) is 0.400. The molecule has 0 radical (unpaired) electrons. The van der Waals surface area contributed by atoms with Gasteiger partial charge >= 0.3 is 0 Å². The first kappa shape index (κ1) is 10.1. The molecule has 1 aromatic carbocycles. The van der Waals surface area contributed by atoms with E-state index in [1.54, 1.807) is 0 Å². The number of hydrogen-bond donors (Lipinski definition) is 2. The monoisotopic (exact) mass is 255 g/mol. The van der Waals surface area contributed by atoms with E-state index in [9.17, 15) is 0 Å². The molecule has 0 amide bonds. The van der Waals surface area contributed by atoms with Gasteiger partial charge in [-0.05, 0) is 5.56 Å². The Morgan fingerprint density at radius 2 is 2.14 bits per heavy atom. The highest BCUT2D eigenvalue weighted by molar-refractivity contribution is 9.09. The topological polar surface area (TPSA) is 41.3 Å². The number of nitrogens with zero attached hydrogens (tertiary/aromatic N) is 1. The minimum atomic E-state index is 0.0266. The minimum absolute atomic E-state index is 0.0266. The molecule has 1 saturated heterocycles. The summed E-state index contributed by atoms with van der Waals surface area (Å²) in [6.07, 6.45) is 0.0266. The molecule has 14 heavy (non-hydrogen) atoms. The summed E-state index contributed by atoms with van der Waals surface area (Å²) in [5.41, 5.74) is 7.14. The molecular formula is C10H14BrN3. The smallest absolute Gasteiger partial charge is 0.0955 e. The normalized spacial score (nSPS) is 28.1. The Labute approximate surface area is 92.4 Å². The van der Waals surface area contributed by atoms with Crippen LogP contribution in [0.2, 0.25) is 0 Å². The lowest BCUT2D eigenvalue weighted by atomic mass is 10.2. The Morgan fingerprint density at radius 3 is 2.71 bits per heavy atom. The third kappa shape index (κ3) is 2.15. The van der Waals surface area contributed by atoms with E-state index >= 15 is 0 Å². The van der Waals surface area contributed by atoms with Gasteiger partial charge in [-0.3, -0.25) is 10.2 Å². The van der Waals surface area contributed by atoms with Crippen LogP contribution in [0.25, 0.3) is 0 Å². The maximum Gasteiger partial charge on any atom is 0.0955 e. The number of nitrogens with one attached hydrogen (secondary N) is 1. The van der Waals surface area contributed by atoms with Gasteiger partial charge < -0.3 is 5.73 Å². The van der Waals surface area contributed by atoms with E-state index in [1.807, 2.05) is 6.07 Å². The van der Waals surface area contributed by atoms with Gasteiger partial charge in [0.25, 0.3) is 0 Å². The van der Waals surface area contributed by atoms with Crippen LogP contribution in [0.4, 0.5) is 0 Å². The Hall–Kier alpha value is -0.420. The average Bonchev–Trinajstić information content (AvgIpc) is 2.52. The molecule has 3 N–H and O–H groups in total. The molecule has 1 aliphatic heterocycles. The summed E-state index contributed by atoms with van der Waals surface area (Å²) < 4.78 is 0. The van der Waals surface area contributed by atoms with Gasteiger partial charge in [-0.2, -0.15) is 0 Å². The van der Waals surface area contributed by atoms with Gasteiger partial charge in [0.15, 0.2) is 0 Å². The van der Waals surface area contributed by atoms with Crippen LogP contribution >= 0.6 is 15.9 Å². The average molecular weight is 256 g/mol. The van der Waals surface area contributed by atoms with Gasteiger partial charge in [0.2, 0.25) is 0 Å². The first-order chi connectivity index (χ1) is 6.77. The molecule has 2 rings (SSSR count). The summed E-state index contributed by atoms with van der Waals surface area (Å²) >= 11 is 3.57. The predicted molar refractivity (Wildman–Crippen MR) is 60.7 cm³/mol. The van der Waals surface area contributed by atoms with Crippen molar-refractivity contribution in [3.05, 3.63) is 35.9 Å². The highest BCUT2D eigenvalue weighted by Crippen LogP contribution is 2.17. The lowest BCUT2D eigenvalue weighted by molar-refractivity contribution is 0.305. The molecule has 2 atom stereocenters. The first-order valence-electron chi connectivity index (χ1n) is 4.68. The predicted octanol–water partition coefficient (Wildman–Crippen LogP) is 1.06. The van der Waals surface area contributed by atoms with E-state index < -0.39 is 0 Å². The van der Waals surface area contributed by atoms with Crippen LogP contribution in [-0.2, 0) is 6.54 Å². The number of benzene rings is 1. The van der Waals surface area contributed by atoms with Crippen molar-refractivity contribution in [2.24, 2.45) is 5.73 Å². The molecular weight excluding hydrogens is 242 g/mol. The number of alkyl halides is 1. The highest BCUT2D eigenvalue weighted by atomic mass is 79.9. The van der Waals surface area contributed by atoms with Crippen molar-refractivity contribution in [1.82, 2.24) is 10.2 Å². The largest absolute Gasteiger partial charge is 0.314 e. The molecule has 1 fully saturated rings. The second-order valence-corrected chi connectivity index (χ2v) is 4.43. The lowest BCUT2D eigenvalue weighted by Crippen LogP contribution is -2.38. The third-order valence-corrected chi connectivity index (χ3v) is 3.55. The second-order valence-electron chi connectivity index (χ2n) is 3.49. The van der Waals surface area contributed by atoms with Crippen molar-refractivity contribution in [2.75, 3.05) is 6.67 Å². The van der Waals surface area contributed by atoms with Crippen molar-refractivity contribution in [3.8, 4) is 0 Å². The molecule has 1 heterocycles. The van der Waals surface area contributed by atoms with Crippen molar-refractivity contribution in [2.45, 2.75) is 17.7 Å². The van der Waals surface area contributed by atoms with Crippen molar-refractivity contribution in [3.63, 3.8) is 0 Å². The third-order valence-electron chi connectivity index (χ3n) is 2.40. The number of halogens is 1. The highest BCUT2D eigenvalue weighted by Gasteiger charge is 2.28. The van der Waals surface area contributed by atoms with E-state index in [-0.39, 0.29) is 11.1 Å². The number of hydrogen-bond acceptors (Lipinski definition) is 3. The molecule has 1 aliphatic rings. The van der Waals surface area contributed by atoms with Crippen LogP contribution in [0, 0.1) is 0 Å². The SMILES string of the molecule is NC1NCN(Cc2ccccc2)C1Br. The van der Waals surface area contributed by atoms with Crippen LogP contribution in [0.1, 0.15) is 5.56 Å². The van der Waals surface area contributed by atoms with Crippen LogP contribution in [0.3, 0.4) is 0 Å². The molecule has 4 heteroatoms. The van der Waals surface area contributed by atoms with Crippen molar-refractivity contribution < 1.29 is 0 Å². The van der Waals surface area contributed by atoms with E-state index in [2.05, 4.69) is 50.4 Å². The molecule has 76 valence electrons.